The molecule has 1 heterocycles. The molecule has 1 rings (SSSR count). The van der Waals surface area contributed by atoms with Crippen LogP contribution in [0.4, 0.5) is 4.79 Å². The molecule has 0 atom stereocenters. The monoisotopic (exact) mass is 185 g/mol. The smallest absolute Gasteiger partial charge is 1.00 e. The van der Waals surface area contributed by atoms with E-state index < -0.39 is 6.09 Å². The summed E-state index contributed by atoms with van der Waals surface area (Å²) in [5.74, 6) is 0. The molecule has 0 spiro atoms. The van der Waals surface area contributed by atoms with E-state index in [1.54, 1.807) is 5.06 Å². The van der Waals surface area contributed by atoms with Crippen molar-refractivity contribution in [2.24, 2.45) is 5.73 Å². The molecular formula is C5H12KN3O2. The van der Waals surface area contributed by atoms with Gasteiger partial charge in [0.15, 0.2) is 0 Å². The molecule has 0 saturated carbocycles. The number of carbonyl (C=O) groups is 1. The number of rotatable bonds is 1. The number of nitrogens with two attached hydrogens (primary N) is 1. The van der Waals surface area contributed by atoms with Gasteiger partial charge in [-0.25, -0.2) is 4.79 Å². The summed E-state index contributed by atoms with van der Waals surface area (Å²) in [4.78, 5) is 14.8. The summed E-state index contributed by atoms with van der Waals surface area (Å²) in [5, 5.41) is 4.67. The van der Waals surface area contributed by atoms with Gasteiger partial charge in [0.25, 0.3) is 0 Å². The second kappa shape index (κ2) is 6.35. The summed E-state index contributed by atoms with van der Waals surface area (Å²) in [5.41, 5.74) is 4.80. The largest absolute Gasteiger partial charge is 1.00 e. The van der Waals surface area contributed by atoms with E-state index in [1.807, 2.05) is 0 Å². The van der Waals surface area contributed by atoms with E-state index in [0.717, 1.165) is 13.1 Å². The van der Waals surface area contributed by atoms with E-state index in [9.17, 15) is 4.79 Å². The van der Waals surface area contributed by atoms with Crippen LogP contribution in [-0.2, 0) is 4.84 Å². The summed E-state index contributed by atoms with van der Waals surface area (Å²) in [6.07, 6.45) is -0.734. The second-order valence-corrected chi connectivity index (χ2v) is 2.09. The fourth-order valence-corrected chi connectivity index (χ4v) is 0.863. The average Bonchev–Trinajstić information content (AvgIpc) is 1.88. The van der Waals surface area contributed by atoms with Gasteiger partial charge in [-0.3, -0.25) is 0 Å². The van der Waals surface area contributed by atoms with Gasteiger partial charge in [-0.15, -0.1) is 5.06 Å². The maximum atomic E-state index is 10.2. The molecule has 1 saturated heterocycles. The summed E-state index contributed by atoms with van der Waals surface area (Å²) in [6, 6.07) is 0. The Morgan fingerprint density at radius 1 is 1.55 bits per heavy atom. The molecule has 5 nitrogen and oxygen atoms in total. The van der Waals surface area contributed by atoms with Crippen LogP contribution in [-0.4, -0.2) is 37.3 Å². The zero-order chi connectivity index (χ0) is 7.40. The Morgan fingerprint density at radius 2 is 2.09 bits per heavy atom. The van der Waals surface area contributed by atoms with Gasteiger partial charge in [0, 0.05) is 26.2 Å². The Kier molecular flexibility index (Phi) is 6.83. The summed E-state index contributed by atoms with van der Waals surface area (Å²) in [7, 11) is 0. The Labute approximate surface area is 109 Å². The van der Waals surface area contributed by atoms with Gasteiger partial charge in [-0.1, -0.05) is 0 Å². The first kappa shape index (κ1) is 11.8. The first-order valence-electron chi connectivity index (χ1n) is 3.22. The molecule has 1 aliphatic heterocycles. The van der Waals surface area contributed by atoms with Crippen LogP contribution in [0.2, 0.25) is 0 Å². The van der Waals surface area contributed by atoms with Gasteiger partial charge in [-0.2, -0.15) is 0 Å². The van der Waals surface area contributed by atoms with Crippen LogP contribution in [0.25, 0.3) is 0 Å². The minimum Gasteiger partial charge on any atom is -1.00 e. The zero-order valence-electron chi connectivity index (χ0n) is 7.67. The Morgan fingerprint density at radius 3 is 2.55 bits per heavy atom. The predicted molar refractivity (Wildman–Crippen MR) is 36.2 cm³/mol. The molecule has 0 aromatic rings. The first-order valence-corrected chi connectivity index (χ1v) is 3.22. The fourth-order valence-electron chi connectivity index (χ4n) is 0.863. The van der Waals surface area contributed by atoms with Crippen molar-refractivity contribution in [2.75, 3.05) is 26.2 Å². The molecule has 3 N–H and O–H groups in total. The maximum absolute atomic E-state index is 10.2. The fraction of sp³-hybridized carbons (Fsp3) is 0.800. The molecule has 1 fully saturated rings. The molecule has 1 amide bonds. The molecule has 0 radical (unpaired) electrons. The van der Waals surface area contributed by atoms with Crippen LogP contribution in [0.3, 0.4) is 0 Å². The van der Waals surface area contributed by atoms with Gasteiger partial charge < -0.3 is 17.3 Å². The van der Waals surface area contributed by atoms with E-state index >= 15 is 0 Å². The van der Waals surface area contributed by atoms with Crippen LogP contribution in [0.1, 0.15) is 1.43 Å². The predicted octanol–water partition coefficient (Wildman–Crippen LogP) is -3.98. The van der Waals surface area contributed by atoms with Crippen molar-refractivity contribution in [1.82, 2.24) is 10.4 Å². The van der Waals surface area contributed by atoms with E-state index in [2.05, 4.69) is 10.2 Å². The van der Waals surface area contributed by atoms with Gasteiger partial charge in [-0.05, 0) is 0 Å². The maximum Gasteiger partial charge on any atom is 1.00 e. The second-order valence-electron chi connectivity index (χ2n) is 2.09. The SMILES string of the molecule is NC(=O)ON1CCNCC1.[H-].[K+]. The number of carbonyl (C=O) groups excluding carboxylic acids is 1. The number of nitrogens with one attached hydrogen (secondary N) is 1. The van der Waals surface area contributed by atoms with E-state index in [4.69, 9.17) is 5.73 Å². The molecule has 11 heavy (non-hydrogen) atoms. The standard InChI is InChI=1S/C5H11N3O2.K.H/c6-5(9)10-8-3-1-7-2-4-8;;/h7H,1-4H2,(H2,6,9);;/q;+1;-1. The number of nitrogens with zero attached hydrogens (tertiary/aromatic N) is 1. The molecule has 60 valence electrons. The van der Waals surface area contributed by atoms with E-state index in [-0.39, 0.29) is 52.8 Å². The Hall–Kier alpha value is 0.826. The quantitative estimate of drug-likeness (QED) is 0.409. The third-order valence-corrected chi connectivity index (χ3v) is 1.30. The van der Waals surface area contributed by atoms with Crippen molar-refractivity contribution >= 4 is 6.09 Å². The average molecular weight is 185 g/mol. The summed E-state index contributed by atoms with van der Waals surface area (Å²) >= 11 is 0. The van der Waals surface area contributed by atoms with Crippen LogP contribution < -0.4 is 62.4 Å². The van der Waals surface area contributed by atoms with Crippen LogP contribution in [0, 0.1) is 0 Å². The molecule has 0 aromatic carbocycles. The summed E-state index contributed by atoms with van der Waals surface area (Å²) in [6.45, 7) is 3.10. The van der Waals surface area contributed by atoms with Crippen molar-refractivity contribution < 1.29 is 62.4 Å². The number of hydrogen-bond donors (Lipinski definition) is 2. The minimum absolute atomic E-state index is 0. The number of amides is 1. The molecule has 0 aliphatic carbocycles. The topological polar surface area (TPSA) is 67.6 Å². The molecule has 0 bridgehead atoms. The van der Waals surface area contributed by atoms with Crippen molar-refractivity contribution in [2.45, 2.75) is 0 Å². The van der Waals surface area contributed by atoms with Crippen molar-refractivity contribution in [3.8, 4) is 0 Å². The van der Waals surface area contributed by atoms with Crippen molar-refractivity contribution in [3.63, 3.8) is 0 Å². The van der Waals surface area contributed by atoms with Crippen LogP contribution in [0.15, 0.2) is 0 Å². The molecule has 0 unspecified atom stereocenters. The van der Waals surface area contributed by atoms with Gasteiger partial charge in [0.2, 0.25) is 0 Å². The van der Waals surface area contributed by atoms with E-state index in [1.165, 1.54) is 0 Å². The number of hydrogen-bond acceptors (Lipinski definition) is 4. The number of primary amides is 1. The van der Waals surface area contributed by atoms with Crippen molar-refractivity contribution in [3.05, 3.63) is 0 Å². The van der Waals surface area contributed by atoms with Gasteiger partial charge in [0.1, 0.15) is 0 Å². The van der Waals surface area contributed by atoms with Crippen LogP contribution >= 0.6 is 0 Å². The third kappa shape index (κ3) is 5.13. The Bertz CT molecular complexity index is 132. The first-order chi connectivity index (χ1) is 4.79. The molecule has 1 aliphatic rings. The number of hydroxylamine groups is 2. The Balaban J connectivity index is 0. The zero-order valence-corrected chi connectivity index (χ0v) is 9.79. The number of piperazine rings is 1. The van der Waals surface area contributed by atoms with Crippen molar-refractivity contribution in [1.29, 1.82) is 0 Å². The van der Waals surface area contributed by atoms with Crippen LogP contribution in [0.5, 0.6) is 0 Å². The normalized spacial score (nSPS) is 18.5. The minimum atomic E-state index is -0.734. The summed E-state index contributed by atoms with van der Waals surface area (Å²) < 4.78 is 0. The molecule has 0 aromatic heterocycles. The van der Waals surface area contributed by atoms with Gasteiger partial charge in [0.05, 0.1) is 0 Å². The van der Waals surface area contributed by atoms with E-state index in [0.29, 0.717) is 13.1 Å². The molecular weight excluding hydrogens is 173 g/mol. The third-order valence-electron chi connectivity index (χ3n) is 1.30. The molecule has 6 heteroatoms. The van der Waals surface area contributed by atoms with Gasteiger partial charge >= 0.3 is 57.5 Å².